The number of aliphatic hydroxyl groups is 1. The summed E-state index contributed by atoms with van der Waals surface area (Å²) in [6.45, 7) is 4.71. The van der Waals surface area contributed by atoms with E-state index >= 15 is 0 Å². The van der Waals surface area contributed by atoms with Crippen LogP contribution in [0.25, 0.3) is 0 Å². The second-order valence-electron chi connectivity index (χ2n) is 25.9. The first-order valence-electron chi connectivity index (χ1n) is 36.8. The van der Waals surface area contributed by atoms with Crippen LogP contribution in [0.3, 0.4) is 0 Å². The zero-order valence-corrected chi connectivity index (χ0v) is 58.6. The molecule has 0 aliphatic rings. The van der Waals surface area contributed by atoms with Gasteiger partial charge in [-0.25, -0.2) is 4.57 Å². The SMILES string of the molecule is CC/C=C\C/C=C\C/C=C\C/C=C\C/C=C\C/C=C\C/C=C\CCCCCCCCCCCCCCCCCCCCCC(=O)NC(COP(=O)(O)OCC[N+](C)(C)C)C(O)/C=C/CC/C=C/CCCCCCCCCCCCCCCCCCCC. The summed E-state index contributed by atoms with van der Waals surface area (Å²) in [5, 5.41) is 14.0. The predicted molar refractivity (Wildman–Crippen MR) is 382 cm³/mol. The number of carbonyl (C=O) groups is 1. The van der Waals surface area contributed by atoms with Gasteiger partial charge in [0.2, 0.25) is 5.91 Å². The first-order valence-corrected chi connectivity index (χ1v) is 38.3. The van der Waals surface area contributed by atoms with Crippen molar-refractivity contribution in [1.82, 2.24) is 5.32 Å². The Bertz CT molecular complexity index is 1790. The third-order valence-electron chi connectivity index (χ3n) is 16.2. The lowest BCUT2D eigenvalue weighted by atomic mass is 10.0. The number of aliphatic hydroxyl groups excluding tert-OH is 1. The molecule has 0 heterocycles. The lowest BCUT2D eigenvalue weighted by Gasteiger charge is -2.25. The molecule has 3 unspecified atom stereocenters. The third kappa shape index (κ3) is 70.5. The zero-order chi connectivity index (χ0) is 63.4. The molecule has 0 radical (unpaired) electrons. The van der Waals surface area contributed by atoms with E-state index in [-0.39, 0.29) is 19.1 Å². The number of quaternary nitrogens is 1. The van der Waals surface area contributed by atoms with E-state index in [9.17, 15) is 19.4 Å². The maximum atomic E-state index is 13.1. The van der Waals surface area contributed by atoms with E-state index in [1.54, 1.807) is 6.08 Å². The summed E-state index contributed by atoms with van der Waals surface area (Å²) in [4.78, 5) is 23.4. The molecule has 8 nitrogen and oxygen atoms in total. The van der Waals surface area contributed by atoms with Crippen LogP contribution in [0.5, 0.6) is 0 Å². The number of allylic oxidation sites excluding steroid dienone is 17. The standard InChI is InChI=1S/C78H141N2O6P/c1-6-8-10-12-14-16-18-20-22-24-26-28-30-32-33-34-35-36-37-38-39-40-41-42-43-44-45-46-47-48-50-52-54-56-58-60-62-64-66-68-70-72-78(82)79-76(75-86-87(83,84)85-74-73-80(3,4)5)77(81)71-69-67-65-63-61-59-57-55-53-51-49-31-29-27-25-23-21-19-17-15-13-11-9-7-2/h8,10,14,16,20,22,26,28,32-33,35-36,38-39,61,63,69,71,76-77,81H,6-7,9,11-13,15,17-19,21,23-25,27,29-31,34,37,40-60,62,64-68,70,72-75H2,1-5H3,(H-,79,82,83,84)/p+1/b10-8-,16-14-,22-20-,28-26-,33-32-,36-35-,39-38-,63-61+,71-69+. The average Bonchev–Trinajstić information content (AvgIpc) is 3.71. The molecule has 1 amide bonds. The third-order valence-corrected chi connectivity index (χ3v) is 17.2. The Kier molecular flexibility index (Phi) is 65.3. The minimum Gasteiger partial charge on any atom is -0.387 e. The van der Waals surface area contributed by atoms with Crippen LogP contribution in [0.1, 0.15) is 328 Å². The van der Waals surface area contributed by atoms with Gasteiger partial charge in [0.1, 0.15) is 13.2 Å². The number of nitrogens with zero attached hydrogens (tertiary/aromatic N) is 1. The van der Waals surface area contributed by atoms with Crippen LogP contribution in [0, 0.1) is 0 Å². The number of rotatable bonds is 67. The number of hydrogen-bond donors (Lipinski definition) is 3. The van der Waals surface area contributed by atoms with Gasteiger partial charge in [0, 0.05) is 6.42 Å². The molecule has 0 rings (SSSR count). The van der Waals surface area contributed by atoms with Crippen LogP contribution in [0.4, 0.5) is 0 Å². The molecule has 0 bridgehead atoms. The number of unbranched alkanes of at least 4 members (excludes halogenated alkanes) is 38. The molecule has 0 spiro atoms. The Hall–Kier alpha value is -2.84. The van der Waals surface area contributed by atoms with Crippen molar-refractivity contribution >= 4 is 13.7 Å². The lowest BCUT2D eigenvalue weighted by molar-refractivity contribution is -0.870. The summed E-state index contributed by atoms with van der Waals surface area (Å²) in [5.41, 5.74) is 0. The molecular formula is C78H142N2O6P+. The van der Waals surface area contributed by atoms with Gasteiger partial charge in [-0.1, -0.05) is 342 Å². The first-order chi connectivity index (χ1) is 42.5. The average molecular weight is 1230 g/mol. The molecule has 0 saturated carbocycles. The van der Waals surface area contributed by atoms with Crippen LogP contribution in [0.15, 0.2) is 109 Å². The topological polar surface area (TPSA) is 105 Å². The normalized spacial score (nSPS) is 14.2. The Labute approximate surface area is 540 Å². The monoisotopic (exact) mass is 1230 g/mol. The van der Waals surface area contributed by atoms with Gasteiger partial charge in [0.15, 0.2) is 0 Å². The van der Waals surface area contributed by atoms with Crippen molar-refractivity contribution in [3.05, 3.63) is 109 Å². The highest BCUT2D eigenvalue weighted by atomic mass is 31.2. The zero-order valence-electron chi connectivity index (χ0n) is 57.7. The van der Waals surface area contributed by atoms with Gasteiger partial charge in [0.05, 0.1) is 39.9 Å². The van der Waals surface area contributed by atoms with Crippen LogP contribution < -0.4 is 5.32 Å². The van der Waals surface area contributed by atoms with Crippen molar-refractivity contribution < 1.29 is 32.9 Å². The van der Waals surface area contributed by atoms with Gasteiger partial charge >= 0.3 is 7.82 Å². The fraction of sp³-hybridized carbons (Fsp3) is 0.756. The largest absolute Gasteiger partial charge is 0.472 e. The number of carbonyl (C=O) groups excluding carboxylic acids is 1. The van der Waals surface area contributed by atoms with Crippen molar-refractivity contribution in [3.8, 4) is 0 Å². The quantitative estimate of drug-likeness (QED) is 0.0243. The van der Waals surface area contributed by atoms with Gasteiger partial charge in [-0.2, -0.15) is 0 Å². The molecule has 0 aliphatic heterocycles. The van der Waals surface area contributed by atoms with Gasteiger partial charge < -0.3 is 19.8 Å². The molecule has 0 fully saturated rings. The van der Waals surface area contributed by atoms with E-state index in [1.165, 1.54) is 225 Å². The van der Waals surface area contributed by atoms with Crippen molar-refractivity contribution in [2.75, 3.05) is 40.9 Å². The number of nitrogens with one attached hydrogen (secondary N) is 1. The van der Waals surface area contributed by atoms with Gasteiger partial charge in [-0.05, 0) is 89.9 Å². The highest BCUT2D eigenvalue weighted by Crippen LogP contribution is 2.43. The molecule has 0 aromatic carbocycles. The maximum Gasteiger partial charge on any atom is 0.472 e. The fourth-order valence-corrected chi connectivity index (χ4v) is 11.3. The van der Waals surface area contributed by atoms with E-state index in [0.717, 1.165) is 83.5 Å². The molecule has 0 aromatic rings. The summed E-state index contributed by atoms with van der Waals surface area (Å²) in [6, 6.07) is -0.869. The summed E-state index contributed by atoms with van der Waals surface area (Å²) in [7, 11) is 1.56. The van der Waals surface area contributed by atoms with Crippen molar-refractivity contribution in [1.29, 1.82) is 0 Å². The minimum atomic E-state index is -4.37. The molecule has 3 N–H and O–H groups in total. The van der Waals surface area contributed by atoms with E-state index in [0.29, 0.717) is 17.4 Å². The Balaban J connectivity index is 4.02. The van der Waals surface area contributed by atoms with Crippen LogP contribution in [-0.2, 0) is 18.4 Å². The smallest absolute Gasteiger partial charge is 0.387 e. The van der Waals surface area contributed by atoms with Crippen LogP contribution >= 0.6 is 7.82 Å². The number of phosphoric ester groups is 1. The minimum absolute atomic E-state index is 0.0543. The highest BCUT2D eigenvalue weighted by molar-refractivity contribution is 7.47. The summed E-state index contributed by atoms with van der Waals surface area (Å²) in [6.07, 6.45) is 99.7. The van der Waals surface area contributed by atoms with E-state index < -0.39 is 20.0 Å². The second-order valence-corrected chi connectivity index (χ2v) is 27.4. The lowest BCUT2D eigenvalue weighted by Crippen LogP contribution is -2.45. The Morgan fingerprint density at radius 2 is 0.701 bits per heavy atom. The summed E-state index contributed by atoms with van der Waals surface area (Å²) >= 11 is 0. The number of hydrogen-bond acceptors (Lipinski definition) is 5. The predicted octanol–water partition coefficient (Wildman–Crippen LogP) is 23.8. The van der Waals surface area contributed by atoms with E-state index in [2.05, 4.69) is 116 Å². The van der Waals surface area contributed by atoms with Gasteiger partial charge in [-0.15, -0.1) is 0 Å². The molecule has 9 heteroatoms. The molecule has 3 atom stereocenters. The highest BCUT2D eigenvalue weighted by Gasteiger charge is 2.28. The van der Waals surface area contributed by atoms with Crippen LogP contribution in [0.2, 0.25) is 0 Å². The summed E-state index contributed by atoms with van der Waals surface area (Å²) < 4.78 is 23.8. The fourth-order valence-electron chi connectivity index (χ4n) is 10.6. The van der Waals surface area contributed by atoms with Crippen molar-refractivity contribution in [3.63, 3.8) is 0 Å². The van der Waals surface area contributed by atoms with Gasteiger partial charge in [-0.3, -0.25) is 13.8 Å². The Morgan fingerprint density at radius 1 is 0.402 bits per heavy atom. The van der Waals surface area contributed by atoms with Gasteiger partial charge in [0.25, 0.3) is 0 Å². The van der Waals surface area contributed by atoms with Crippen molar-refractivity contribution in [2.24, 2.45) is 0 Å². The number of likely N-dealkylation sites (N-methyl/N-ethyl adjacent to an activating group) is 1. The maximum absolute atomic E-state index is 13.1. The second kappa shape index (κ2) is 67.6. The van der Waals surface area contributed by atoms with E-state index in [4.69, 9.17) is 9.05 Å². The molecule has 0 aromatic heterocycles. The van der Waals surface area contributed by atoms with E-state index in [1.807, 2.05) is 27.2 Å². The molecule has 0 aliphatic carbocycles. The molecule has 87 heavy (non-hydrogen) atoms. The molecule has 0 saturated heterocycles. The van der Waals surface area contributed by atoms with Crippen molar-refractivity contribution in [2.45, 2.75) is 341 Å². The molecular weight excluding hydrogens is 1090 g/mol. The molecule has 504 valence electrons. The number of phosphoric acid groups is 1. The summed E-state index contributed by atoms with van der Waals surface area (Å²) in [5.74, 6) is -0.184. The van der Waals surface area contributed by atoms with Crippen LogP contribution in [-0.4, -0.2) is 73.4 Å². The first kappa shape index (κ1) is 84.2. The number of amides is 1. The Morgan fingerprint density at radius 3 is 1.06 bits per heavy atom.